The molecule has 0 unspecified atom stereocenters. The molecule has 6 nitrogen and oxygen atoms in total. The van der Waals surface area contributed by atoms with Crippen molar-refractivity contribution in [3.05, 3.63) is 37.6 Å². The Morgan fingerprint density at radius 1 is 1.68 bits per heavy atom. The van der Waals surface area contributed by atoms with E-state index in [1.165, 1.54) is 6.92 Å². The zero-order valence-electron chi connectivity index (χ0n) is 10.4. The summed E-state index contributed by atoms with van der Waals surface area (Å²) in [4.78, 5) is 22.0. The fourth-order valence-corrected chi connectivity index (χ4v) is 2.17. The molecule has 0 fully saturated rings. The maximum Gasteiger partial charge on any atom is 0.290 e. The first-order valence-corrected chi connectivity index (χ1v) is 6.21. The van der Waals surface area contributed by atoms with E-state index in [0.29, 0.717) is 0 Å². The SMILES string of the molecule is Cc1c(F)cc(C(=O)NC[C@@H](C)N)c(Br)c1[N+](=O)[O-]. The monoisotopic (exact) mass is 333 g/mol. The Balaban J connectivity index is 3.22. The maximum absolute atomic E-state index is 13.6. The second kappa shape index (κ2) is 6.07. The number of nitro groups is 1. The number of hydrogen-bond acceptors (Lipinski definition) is 4. The Morgan fingerprint density at radius 3 is 2.74 bits per heavy atom. The highest BCUT2D eigenvalue weighted by Crippen LogP contribution is 2.33. The molecule has 0 bridgehead atoms. The molecule has 19 heavy (non-hydrogen) atoms. The highest BCUT2D eigenvalue weighted by atomic mass is 79.9. The Bertz CT molecular complexity index is 534. The van der Waals surface area contributed by atoms with Gasteiger partial charge < -0.3 is 11.1 Å². The van der Waals surface area contributed by atoms with E-state index in [9.17, 15) is 19.3 Å². The summed E-state index contributed by atoms with van der Waals surface area (Å²) in [5, 5.41) is 13.4. The first-order chi connectivity index (χ1) is 8.75. The molecule has 0 aliphatic rings. The Hall–Kier alpha value is -1.54. The first kappa shape index (κ1) is 15.5. The standard InChI is InChI=1S/C11H13BrFN3O3/c1-5(14)4-15-11(17)7-3-8(13)6(2)10(9(7)12)16(18)19/h3,5H,4,14H2,1-2H3,(H,15,17)/t5-/m1/s1. The molecule has 0 spiro atoms. The van der Waals surface area contributed by atoms with E-state index in [4.69, 9.17) is 5.73 Å². The lowest BCUT2D eigenvalue weighted by Crippen LogP contribution is -2.35. The van der Waals surface area contributed by atoms with Gasteiger partial charge in [0.05, 0.1) is 16.1 Å². The van der Waals surface area contributed by atoms with Crippen molar-refractivity contribution in [2.24, 2.45) is 5.73 Å². The lowest BCUT2D eigenvalue weighted by Gasteiger charge is -2.10. The van der Waals surface area contributed by atoms with Crippen LogP contribution in [0.4, 0.5) is 10.1 Å². The number of nitrogens with two attached hydrogens (primary N) is 1. The van der Waals surface area contributed by atoms with Gasteiger partial charge in [-0.1, -0.05) is 0 Å². The summed E-state index contributed by atoms with van der Waals surface area (Å²) in [6.07, 6.45) is 0. The van der Waals surface area contributed by atoms with Gasteiger partial charge in [0.25, 0.3) is 11.6 Å². The van der Waals surface area contributed by atoms with E-state index < -0.39 is 22.3 Å². The maximum atomic E-state index is 13.6. The lowest BCUT2D eigenvalue weighted by atomic mass is 10.1. The third kappa shape index (κ3) is 3.48. The van der Waals surface area contributed by atoms with Crippen molar-refractivity contribution < 1.29 is 14.1 Å². The van der Waals surface area contributed by atoms with E-state index in [1.54, 1.807) is 6.92 Å². The summed E-state index contributed by atoms with van der Waals surface area (Å²) < 4.78 is 13.6. The number of nitrogens with one attached hydrogen (secondary N) is 1. The van der Waals surface area contributed by atoms with E-state index in [2.05, 4.69) is 21.2 Å². The zero-order chi connectivity index (χ0) is 14.7. The van der Waals surface area contributed by atoms with Gasteiger partial charge in [-0.3, -0.25) is 14.9 Å². The number of nitro benzene ring substituents is 1. The molecule has 0 radical (unpaired) electrons. The van der Waals surface area contributed by atoms with Gasteiger partial charge >= 0.3 is 0 Å². The summed E-state index contributed by atoms with van der Waals surface area (Å²) in [6.45, 7) is 3.16. The number of halogens is 2. The van der Waals surface area contributed by atoms with Crippen molar-refractivity contribution in [2.75, 3.05) is 6.54 Å². The third-order valence-electron chi connectivity index (χ3n) is 2.44. The normalized spacial score (nSPS) is 12.1. The summed E-state index contributed by atoms with van der Waals surface area (Å²) in [5.41, 5.74) is 4.77. The van der Waals surface area contributed by atoms with Crippen molar-refractivity contribution >= 4 is 27.5 Å². The number of benzene rings is 1. The minimum Gasteiger partial charge on any atom is -0.350 e. The first-order valence-electron chi connectivity index (χ1n) is 5.42. The van der Waals surface area contributed by atoms with Crippen molar-refractivity contribution in [3.8, 4) is 0 Å². The third-order valence-corrected chi connectivity index (χ3v) is 3.24. The second-order valence-electron chi connectivity index (χ2n) is 4.14. The van der Waals surface area contributed by atoms with E-state index in [0.717, 1.165) is 6.07 Å². The molecule has 3 N–H and O–H groups in total. The summed E-state index contributed by atoms with van der Waals surface area (Å²) >= 11 is 2.97. The summed E-state index contributed by atoms with van der Waals surface area (Å²) in [5.74, 6) is -1.42. The fourth-order valence-electron chi connectivity index (χ4n) is 1.43. The molecule has 1 aromatic carbocycles. The number of carbonyl (C=O) groups is 1. The van der Waals surface area contributed by atoms with Gasteiger partial charge in [0, 0.05) is 12.6 Å². The predicted octanol–water partition coefficient (Wildman–Crippen LogP) is 1.88. The van der Waals surface area contributed by atoms with E-state index in [1.807, 2.05) is 0 Å². The van der Waals surface area contributed by atoms with Crippen LogP contribution in [0.2, 0.25) is 0 Å². The minimum atomic E-state index is -0.805. The van der Waals surface area contributed by atoms with Gasteiger partial charge in [-0.05, 0) is 35.8 Å². The van der Waals surface area contributed by atoms with Gasteiger partial charge in [-0.25, -0.2) is 4.39 Å². The number of nitrogens with zero attached hydrogens (tertiary/aromatic N) is 1. The molecule has 104 valence electrons. The van der Waals surface area contributed by atoms with Crippen LogP contribution in [0.5, 0.6) is 0 Å². The average Bonchev–Trinajstić information content (AvgIpc) is 2.30. The molecular formula is C11H13BrFN3O3. The molecule has 1 aromatic rings. The van der Waals surface area contributed by atoms with Crippen LogP contribution in [0, 0.1) is 22.9 Å². The Kier molecular flexibility index (Phi) is 4.96. The van der Waals surface area contributed by atoms with Crippen LogP contribution >= 0.6 is 15.9 Å². The number of rotatable bonds is 4. The fraction of sp³-hybridized carbons (Fsp3) is 0.364. The molecule has 0 aliphatic heterocycles. The topological polar surface area (TPSA) is 98.3 Å². The van der Waals surface area contributed by atoms with Crippen LogP contribution in [0.15, 0.2) is 10.5 Å². The number of amides is 1. The quantitative estimate of drug-likeness (QED) is 0.649. The zero-order valence-corrected chi connectivity index (χ0v) is 12.0. The van der Waals surface area contributed by atoms with Gasteiger partial charge in [-0.15, -0.1) is 0 Å². The minimum absolute atomic E-state index is 0.0430. The molecule has 1 rings (SSSR count). The van der Waals surface area contributed by atoms with Crippen molar-refractivity contribution in [2.45, 2.75) is 19.9 Å². The van der Waals surface area contributed by atoms with Crippen LogP contribution in [0.25, 0.3) is 0 Å². The summed E-state index contributed by atoms with van der Waals surface area (Å²) in [6, 6.07) is 0.691. The largest absolute Gasteiger partial charge is 0.350 e. The number of carbonyl (C=O) groups excluding carboxylic acids is 1. The molecule has 0 heterocycles. The molecule has 0 aliphatic carbocycles. The van der Waals surface area contributed by atoms with E-state index in [-0.39, 0.29) is 28.2 Å². The van der Waals surface area contributed by atoms with Crippen molar-refractivity contribution in [1.82, 2.24) is 5.32 Å². The Labute approximate surface area is 117 Å². The molecule has 8 heteroatoms. The van der Waals surface area contributed by atoms with Crippen molar-refractivity contribution in [3.63, 3.8) is 0 Å². The van der Waals surface area contributed by atoms with Crippen LogP contribution in [0.1, 0.15) is 22.8 Å². The molecule has 0 aromatic heterocycles. The molecule has 1 amide bonds. The highest BCUT2D eigenvalue weighted by molar-refractivity contribution is 9.10. The highest BCUT2D eigenvalue weighted by Gasteiger charge is 2.25. The number of hydrogen-bond donors (Lipinski definition) is 2. The average molecular weight is 334 g/mol. The molecular weight excluding hydrogens is 321 g/mol. The molecule has 0 saturated heterocycles. The van der Waals surface area contributed by atoms with Crippen LogP contribution in [-0.2, 0) is 0 Å². The predicted molar refractivity (Wildman–Crippen MR) is 71.5 cm³/mol. The Morgan fingerprint density at radius 2 is 2.26 bits per heavy atom. The molecule has 0 saturated carbocycles. The lowest BCUT2D eigenvalue weighted by molar-refractivity contribution is -0.386. The smallest absolute Gasteiger partial charge is 0.290 e. The van der Waals surface area contributed by atoms with Gasteiger partial charge in [0.1, 0.15) is 10.3 Å². The van der Waals surface area contributed by atoms with Gasteiger partial charge in [0.2, 0.25) is 0 Å². The van der Waals surface area contributed by atoms with Crippen LogP contribution in [-0.4, -0.2) is 23.4 Å². The van der Waals surface area contributed by atoms with Gasteiger partial charge in [-0.2, -0.15) is 0 Å². The second-order valence-corrected chi connectivity index (χ2v) is 4.93. The van der Waals surface area contributed by atoms with Gasteiger partial charge in [0.15, 0.2) is 0 Å². The van der Waals surface area contributed by atoms with Crippen LogP contribution < -0.4 is 11.1 Å². The van der Waals surface area contributed by atoms with E-state index >= 15 is 0 Å². The molecule has 1 atom stereocenters. The van der Waals surface area contributed by atoms with Crippen molar-refractivity contribution in [1.29, 1.82) is 0 Å². The summed E-state index contributed by atoms with van der Waals surface area (Å²) in [7, 11) is 0. The van der Waals surface area contributed by atoms with Crippen LogP contribution in [0.3, 0.4) is 0 Å².